The van der Waals surface area contributed by atoms with Crippen molar-refractivity contribution in [1.82, 2.24) is 0 Å². The van der Waals surface area contributed by atoms with E-state index in [1.54, 1.807) is 18.2 Å². The van der Waals surface area contributed by atoms with Gasteiger partial charge in [0.05, 0.1) is 0 Å². The zero-order valence-electron chi connectivity index (χ0n) is 9.57. The highest BCUT2D eigenvalue weighted by Gasteiger charge is 2.11. The minimum absolute atomic E-state index is 0.0213. The third-order valence-electron chi connectivity index (χ3n) is 2.54. The molecule has 0 aliphatic rings. The Hall–Kier alpha value is -1.54. The molecule has 0 N–H and O–H groups in total. The number of Topliss-reactive ketones (excluding diaryl/α,β-unsaturated/α-hetero) is 1. The molecule has 1 aromatic carbocycles. The fraction of sp³-hybridized carbons (Fsp3) is 0.214. The Bertz CT molecular complexity index is 529. The smallest absolute Gasteiger partial charge is 0.202 e. The molecule has 88 valence electrons. The molecule has 0 radical (unpaired) electrons. The van der Waals surface area contributed by atoms with E-state index in [0.717, 1.165) is 17.7 Å². The van der Waals surface area contributed by atoms with Crippen LogP contribution in [0.5, 0.6) is 0 Å². The van der Waals surface area contributed by atoms with E-state index in [2.05, 4.69) is 0 Å². The van der Waals surface area contributed by atoms with Crippen molar-refractivity contribution in [2.75, 3.05) is 0 Å². The summed E-state index contributed by atoms with van der Waals surface area (Å²) in [5.74, 6) is 1.23. The van der Waals surface area contributed by atoms with Crippen molar-refractivity contribution in [3.8, 4) is 0 Å². The van der Waals surface area contributed by atoms with Gasteiger partial charge in [0, 0.05) is 17.9 Å². The summed E-state index contributed by atoms with van der Waals surface area (Å²) in [6, 6.07) is 10.9. The summed E-state index contributed by atoms with van der Waals surface area (Å²) in [5.41, 5.74) is 0.900. The molecular weight excluding hydrogens is 236 g/mol. The summed E-state index contributed by atoms with van der Waals surface area (Å²) in [6.07, 6.45) is 1.11. The predicted octanol–water partition coefficient (Wildman–Crippen LogP) is 3.92. The first-order chi connectivity index (χ1) is 8.19. The second kappa shape index (κ2) is 5.19. The summed E-state index contributed by atoms with van der Waals surface area (Å²) in [4.78, 5) is 11.9. The van der Waals surface area contributed by atoms with Gasteiger partial charge < -0.3 is 4.42 Å². The van der Waals surface area contributed by atoms with Crippen molar-refractivity contribution >= 4 is 17.4 Å². The van der Waals surface area contributed by atoms with Crippen molar-refractivity contribution in [1.29, 1.82) is 0 Å². The monoisotopic (exact) mass is 248 g/mol. The molecular formula is C14H13ClO2. The molecule has 0 amide bonds. The standard InChI is InChI=1S/C14H13ClO2/c1-2-12-6-7-14(17-12)13(16)9-10-4-3-5-11(15)8-10/h3-8H,2,9H2,1H3. The summed E-state index contributed by atoms with van der Waals surface area (Å²) < 4.78 is 5.41. The molecule has 2 aromatic rings. The van der Waals surface area contributed by atoms with Gasteiger partial charge in [0.2, 0.25) is 5.78 Å². The molecule has 0 spiro atoms. The van der Waals surface area contributed by atoms with E-state index in [1.807, 2.05) is 25.1 Å². The second-order valence-corrected chi connectivity index (χ2v) is 4.29. The second-order valence-electron chi connectivity index (χ2n) is 3.85. The number of benzene rings is 1. The number of ketones is 1. The van der Waals surface area contributed by atoms with Crippen LogP contribution in [0.3, 0.4) is 0 Å². The summed E-state index contributed by atoms with van der Waals surface area (Å²) >= 11 is 5.87. The van der Waals surface area contributed by atoms with Gasteiger partial charge in [0.15, 0.2) is 5.76 Å². The van der Waals surface area contributed by atoms with Crippen LogP contribution < -0.4 is 0 Å². The maximum absolute atomic E-state index is 11.9. The van der Waals surface area contributed by atoms with Crippen molar-refractivity contribution in [2.45, 2.75) is 19.8 Å². The van der Waals surface area contributed by atoms with E-state index in [-0.39, 0.29) is 5.78 Å². The van der Waals surface area contributed by atoms with Crippen molar-refractivity contribution in [3.63, 3.8) is 0 Å². The molecule has 1 aromatic heterocycles. The summed E-state index contributed by atoms with van der Waals surface area (Å²) in [7, 11) is 0. The molecule has 0 atom stereocenters. The Morgan fingerprint density at radius 2 is 2.12 bits per heavy atom. The van der Waals surface area contributed by atoms with Gasteiger partial charge in [-0.05, 0) is 29.8 Å². The number of carbonyl (C=O) groups is 1. The average Bonchev–Trinajstić information content (AvgIpc) is 2.77. The minimum atomic E-state index is -0.0213. The first-order valence-corrected chi connectivity index (χ1v) is 5.93. The third kappa shape index (κ3) is 2.98. The largest absolute Gasteiger partial charge is 0.458 e. The van der Waals surface area contributed by atoms with Crippen LogP contribution >= 0.6 is 11.6 Å². The minimum Gasteiger partial charge on any atom is -0.458 e. The molecule has 0 saturated heterocycles. The van der Waals surface area contributed by atoms with E-state index in [1.165, 1.54) is 0 Å². The summed E-state index contributed by atoms with van der Waals surface area (Å²) in [5, 5.41) is 0.643. The number of hydrogen-bond donors (Lipinski definition) is 0. The molecule has 0 aliphatic carbocycles. The Kier molecular flexibility index (Phi) is 3.64. The van der Waals surface area contributed by atoms with Crippen LogP contribution in [0.1, 0.15) is 28.8 Å². The van der Waals surface area contributed by atoms with Crippen LogP contribution in [0.15, 0.2) is 40.8 Å². The molecule has 2 nitrogen and oxygen atoms in total. The highest BCUT2D eigenvalue weighted by atomic mass is 35.5. The highest BCUT2D eigenvalue weighted by molar-refractivity contribution is 6.30. The molecule has 0 aliphatic heterocycles. The number of rotatable bonds is 4. The van der Waals surface area contributed by atoms with Gasteiger partial charge >= 0.3 is 0 Å². The lowest BCUT2D eigenvalue weighted by Gasteiger charge is -1.99. The molecule has 0 saturated carbocycles. The maximum Gasteiger partial charge on any atom is 0.202 e. The average molecular weight is 249 g/mol. The Morgan fingerprint density at radius 3 is 2.76 bits per heavy atom. The van der Waals surface area contributed by atoms with Crippen LogP contribution in [0, 0.1) is 0 Å². The van der Waals surface area contributed by atoms with Crippen LogP contribution in [0.2, 0.25) is 5.02 Å². The summed E-state index contributed by atoms with van der Waals surface area (Å²) in [6.45, 7) is 1.99. The topological polar surface area (TPSA) is 30.2 Å². The van der Waals surface area contributed by atoms with Gasteiger partial charge in [-0.2, -0.15) is 0 Å². The number of furan rings is 1. The van der Waals surface area contributed by atoms with E-state index in [4.69, 9.17) is 16.0 Å². The lowest BCUT2D eigenvalue weighted by molar-refractivity contribution is 0.0965. The van der Waals surface area contributed by atoms with Gasteiger partial charge in [-0.1, -0.05) is 30.7 Å². The van der Waals surface area contributed by atoms with Crippen LogP contribution in [0.4, 0.5) is 0 Å². The van der Waals surface area contributed by atoms with Gasteiger partial charge in [-0.15, -0.1) is 0 Å². The van der Waals surface area contributed by atoms with E-state index >= 15 is 0 Å². The lowest BCUT2D eigenvalue weighted by atomic mass is 10.1. The van der Waals surface area contributed by atoms with Crippen LogP contribution in [-0.4, -0.2) is 5.78 Å². The van der Waals surface area contributed by atoms with Gasteiger partial charge in [0.25, 0.3) is 0 Å². The molecule has 1 heterocycles. The maximum atomic E-state index is 11.9. The highest BCUT2D eigenvalue weighted by Crippen LogP contribution is 2.15. The zero-order chi connectivity index (χ0) is 12.3. The number of aryl methyl sites for hydroxylation is 1. The van der Waals surface area contributed by atoms with Crippen LogP contribution in [-0.2, 0) is 12.8 Å². The van der Waals surface area contributed by atoms with Gasteiger partial charge in [-0.3, -0.25) is 4.79 Å². The quantitative estimate of drug-likeness (QED) is 0.768. The Labute approximate surface area is 105 Å². The number of hydrogen-bond acceptors (Lipinski definition) is 2. The first-order valence-electron chi connectivity index (χ1n) is 5.55. The normalized spacial score (nSPS) is 10.5. The van der Waals surface area contributed by atoms with E-state index < -0.39 is 0 Å². The zero-order valence-corrected chi connectivity index (χ0v) is 10.3. The van der Waals surface area contributed by atoms with Gasteiger partial charge in [-0.25, -0.2) is 0 Å². The van der Waals surface area contributed by atoms with Crippen molar-refractivity contribution in [3.05, 3.63) is 58.5 Å². The fourth-order valence-corrected chi connectivity index (χ4v) is 1.85. The molecule has 17 heavy (non-hydrogen) atoms. The molecule has 0 bridgehead atoms. The first kappa shape index (κ1) is 11.9. The predicted molar refractivity (Wildman–Crippen MR) is 67.6 cm³/mol. The van der Waals surface area contributed by atoms with Crippen LogP contribution in [0.25, 0.3) is 0 Å². The Balaban J connectivity index is 2.11. The van der Waals surface area contributed by atoms with Crippen molar-refractivity contribution in [2.24, 2.45) is 0 Å². The lowest BCUT2D eigenvalue weighted by Crippen LogP contribution is -2.01. The molecule has 2 rings (SSSR count). The van der Waals surface area contributed by atoms with E-state index in [0.29, 0.717) is 17.2 Å². The Morgan fingerprint density at radius 1 is 1.29 bits per heavy atom. The molecule has 0 unspecified atom stereocenters. The fourth-order valence-electron chi connectivity index (χ4n) is 1.64. The van der Waals surface area contributed by atoms with Crippen molar-refractivity contribution < 1.29 is 9.21 Å². The molecule has 0 fully saturated rings. The molecule has 3 heteroatoms. The SMILES string of the molecule is CCc1ccc(C(=O)Cc2cccc(Cl)c2)o1. The third-order valence-corrected chi connectivity index (χ3v) is 2.77. The van der Waals surface area contributed by atoms with E-state index in [9.17, 15) is 4.79 Å². The number of carbonyl (C=O) groups excluding carboxylic acids is 1. The van der Waals surface area contributed by atoms with Gasteiger partial charge in [0.1, 0.15) is 5.76 Å². The number of halogens is 1.